The van der Waals surface area contributed by atoms with E-state index in [0.29, 0.717) is 18.1 Å². The number of halogens is 1. The minimum Gasteiger partial charge on any atom is -0.476 e. The number of nitrogens with zero attached hydrogens (tertiary/aromatic N) is 5. The quantitative estimate of drug-likeness (QED) is 0.569. The normalized spacial score (nSPS) is 12.2. The van der Waals surface area contributed by atoms with Crippen LogP contribution in [0.25, 0.3) is 17.1 Å². The largest absolute Gasteiger partial charge is 0.476 e. The molecule has 0 unspecified atom stereocenters. The predicted octanol–water partition coefficient (Wildman–Crippen LogP) is 1.95. The number of fused-ring (bicyclic) bond motifs is 5. The average Bonchev–Trinajstić information content (AvgIpc) is 3.04. The number of carbonyl (C=O) groups is 1. The molecule has 0 fully saturated rings. The Morgan fingerprint density at radius 3 is 3.00 bits per heavy atom. The summed E-state index contributed by atoms with van der Waals surface area (Å²) in [7, 11) is 0. The molecule has 0 saturated carbocycles. The highest BCUT2D eigenvalue weighted by atomic mass is 79.9. The fraction of sp³-hybridized carbons (Fsp3) is 0.0769. The second-order valence-electron chi connectivity index (χ2n) is 4.62. The zero-order chi connectivity index (χ0) is 14.6. The predicted molar refractivity (Wildman–Crippen MR) is 76.3 cm³/mol. The van der Waals surface area contributed by atoms with Crippen LogP contribution in [0.4, 0.5) is 0 Å². The van der Waals surface area contributed by atoms with Gasteiger partial charge in [0.15, 0.2) is 11.5 Å². The van der Waals surface area contributed by atoms with Gasteiger partial charge in [-0.15, -0.1) is 0 Å². The molecule has 0 saturated heterocycles. The van der Waals surface area contributed by atoms with Gasteiger partial charge in [-0.1, -0.05) is 15.9 Å². The molecule has 0 spiro atoms. The van der Waals surface area contributed by atoms with E-state index in [1.807, 2.05) is 18.2 Å². The third-order valence-electron chi connectivity index (χ3n) is 3.44. The third-order valence-corrected chi connectivity index (χ3v) is 3.94. The van der Waals surface area contributed by atoms with Crippen molar-refractivity contribution in [1.29, 1.82) is 0 Å². The lowest BCUT2D eigenvalue weighted by Gasteiger charge is -2.08. The molecule has 0 aliphatic carbocycles. The average molecular weight is 346 g/mol. The summed E-state index contributed by atoms with van der Waals surface area (Å²) in [4.78, 5) is 19.6. The number of imidazole rings is 1. The molecular weight excluding hydrogens is 338 g/mol. The third kappa shape index (κ3) is 1.72. The van der Waals surface area contributed by atoms with Gasteiger partial charge in [-0.3, -0.25) is 4.57 Å². The van der Waals surface area contributed by atoms with E-state index in [4.69, 9.17) is 0 Å². The van der Waals surface area contributed by atoms with Gasteiger partial charge in [0.2, 0.25) is 0 Å². The Morgan fingerprint density at radius 2 is 2.19 bits per heavy atom. The Kier molecular flexibility index (Phi) is 2.49. The van der Waals surface area contributed by atoms with Crippen LogP contribution in [0.5, 0.6) is 0 Å². The van der Waals surface area contributed by atoms with Gasteiger partial charge >= 0.3 is 5.97 Å². The molecule has 2 aromatic heterocycles. The molecule has 3 aromatic rings. The fourth-order valence-corrected chi connectivity index (χ4v) is 2.90. The van der Waals surface area contributed by atoms with Crippen molar-refractivity contribution in [3.8, 4) is 17.1 Å². The van der Waals surface area contributed by atoms with Crippen LogP contribution in [0.3, 0.4) is 0 Å². The van der Waals surface area contributed by atoms with Crippen LogP contribution in [-0.2, 0) is 6.54 Å². The standard InChI is InChI=1S/C13H8BrN5O2/c14-7-1-2-9-8(3-7)12-15-5-17-19(12)4-10-11(13(20)21)16-6-18(9)10/h1-3,5-6H,4H2,(H,20,21). The molecule has 104 valence electrons. The Hall–Kier alpha value is -2.48. The Labute approximate surface area is 127 Å². The Balaban J connectivity index is 2.09. The first-order valence-corrected chi connectivity index (χ1v) is 6.92. The van der Waals surface area contributed by atoms with Gasteiger partial charge in [0, 0.05) is 10.0 Å². The Morgan fingerprint density at radius 1 is 1.33 bits per heavy atom. The molecule has 4 rings (SSSR count). The molecule has 1 N–H and O–H groups in total. The summed E-state index contributed by atoms with van der Waals surface area (Å²) in [5.41, 5.74) is 2.32. The van der Waals surface area contributed by atoms with E-state index in [0.717, 1.165) is 15.7 Å². The summed E-state index contributed by atoms with van der Waals surface area (Å²) in [6.07, 6.45) is 2.99. The molecule has 1 aliphatic rings. The summed E-state index contributed by atoms with van der Waals surface area (Å²) in [6.45, 7) is 0.309. The fourth-order valence-electron chi connectivity index (χ4n) is 2.54. The monoisotopic (exact) mass is 345 g/mol. The maximum atomic E-state index is 11.3. The van der Waals surface area contributed by atoms with Crippen molar-refractivity contribution >= 4 is 21.9 Å². The molecule has 0 atom stereocenters. The second kappa shape index (κ2) is 4.26. The molecule has 0 radical (unpaired) electrons. The van der Waals surface area contributed by atoms with Gasteiger partial charge < -0.3 is 5.11 Å². The highest BCUT2D eigenvalue weighted by molar-refractivity contribution is 9.10. The molecule has 1 aromatic carbocycles. The minimum absolute atomic E-state index is 0.0345. The van der Waals surface area contributed by atoms with E-state index in [1.165, 1.54) is 12.7 Å². The van der Waals surface area contributed by atoms with E-state index in [-0.39, 0.29) is 5.69 Å². The maximum absolute atomic E-state index is 11.3. The SMILES string of the molecule is O=C(O)c1ncn2c1Cn1ncnc1-c1cc(Br)ccc1-2. The van der Waals surface area contributed by atoms with Crippen molar-refractivity contribution in [2.24, 2.45) is 0 Å². The number of rotatable bonds is 1. The number of aromatic carboxylic acids is 1. The van der Waals surface area contributed by atoms with E-state index < -0.39 is 5.97 Å². The van der Waals surface area contributed by atoms with Crippen molar-refractivity contribution in [3.63, 3.8) is 0 Å². The van der Waals surface area contributed by atoms with Crippen LogP contribution in [0.1, 0.15) is 16.2 Å². The van der Waals surface area contributed by atoms with Crippen LogP contribution >= 0.6 is 15.9 Å². The number of carboxylic acids is 1. The lowest BCUT2D eigenvalue weighted by molar-refractivity contribution is 0.0689. The van der Waals surface area contributed by atoms with E-state index in [9.17, 15) is 9.90 Å². The van der Waals surface area contributed by atoms with E-state index in [1.54, 1.807) is 9.25 Å². The molecule has 1 aliphatic heterocycles. The maximum Gasteiger partial charge on any atom is 0.356 e. The first kappa shape index (κ1) is 12.3. The van der Waals surface area contributed by atoms with Crippen molar-refractivity contribution in [3.05, 3.63) is 46.7 Å². The molecule has 0 bridgehead atoms. The highest BCUT2D eigenvalue weighted by Crippen LogP contribution is 2.33. The van der Waals surface area contributed by atoms with Gasteiger partial charge in [0.1, 0.15) is 12.7 Å². The number of carboxylic acid groups (broad SMARTS) is 1. The van der Waals surface area contributed by atoms with Crippen molar-refractivity contribution in [1.82, 2.24) is 24.3 Å². The van der Waals surface area contributed by atoms with Gasteiger partial charge in [-0.25, -0.2) is 19.4 Å². The van der Waals surface area contributed by atoms with E-state index >= 15 is 0 Å². The van der Waals surface area contributed by atoms with Crippen molar-refractivity contribution in [2.45, 2.75) is 6.54 Å². The van der Waals surface area contributed by atoms with Crippen LogP contribution < -0.4 is 0 Å². The Bertz CT molecular complexity index is 883. The first-order valence-electron chi connectivity index (χ1n) is 6.13. The molecule has 21 heavy (non-hydrogen) atoms. The zero-order valence-electron chi connectivity index (χ0n) is 10.6. The van der Waals surface area contributed by atoms with E-state index in [2.05, 4.69) is 31.0 Å². The summed E-state index contributed by atoms with van der Waals surface area (Å²) >= 11 is 3.45. The molecule has 8 heteroatoms. The summed E-state index contributed by atoms with van der Waals surface area (Å²) < 4.78 is 4.37. The van der Waals surface area contributed by atoms with Crippen molar-refractivity contribution in [2.75, 3.05) is 0 Å². The lowest BCUT2D eigenvalue weighted by atomic mass is 10.1. The number of hydrogen-bond acceptors (Lipinski definition) is 4. The van der Waals surface area contributed by atoms with Gasteiger partial charge in [0.25, 0.3) is 0 Å². The highest BCUT2D eigenvalue weighted by Gasteiger charge is 2.25. The molecular formula is C13H8BrN5O2. The lowest BCUT2D eigenvalue weighted by Crippen LogP contribution is -2.09. The number of aromatic nitrogens is 5. The molecule has 7 nitrogen and oxygen atoms in total. The van der Waals surface area contributed by atoms with Gasteiger partial charge in [0.05, 0.1) is 17.9 Å². The van der Waals surface area contributed by atoms with Crippen LogP contribution in [0.15, 0.2) is 35.3 Å². The van der Waals surface area contributed by atoms with Crippen LogP contribution in [0, 0.1) is 0 Å². The second-order valence-corrected chi connectivity index (χ2v) is 5.53. The number of benzene rings is 1. The topological polar surface area (TPSA) is 85.8 Å². The smallest absolute Gasteiger partial charge is 0.356 e. The van der Waals surface area contributed by atoms with Gasteiger partial charge in [-0.2, -0.15) is 5.10 Å². The molecule has 3 heterocycles. The first-order chi connectivity index (χ1) is 10.1. The van der Waals surface area contributed by atoms with Crippen LogP contribution in [0.2, 0.25) is 0 Å². The number of hydrogen-bond donors (Lipinski definition) is 1. The summed E-state index contributed by atoms with van der Waals surface area (Å²) in [5, 5.41) is 13.5. The summed E-state index contributed by atoms with van der Waals surface area (Å²) in [6, 6.07) is 5.74. The summed E-state index contributed by atoms with van der Waals surface area (Å²) in [5.74, 6) is -0.350. The minimum atomic E-state index is -1.05. The van der Waals surface area contributed by atoms with Crippen molar-refractivity contribution < 1.29 is 9.90 Å². The van der Waals surface area contributed by atoms with Gasteiger partial charge in [-0.05, 0) is 18.2 Å². The zero-order valence-corrected chi connectivity index (χ0v) is 12.1. The van der Waals surface area contributed by atoms with Crippen LogP contribution in [-0.4, -0.2) is 35.4 Å². The molecule has 0 amide bonds.